The highest BCUT2D eigenvalue weighted by molar-refractivity contribution is 8.06. The van der Waals surface area contributed by atoms with Crippen LogP contribution in [0, 0.1) is 0 Å². The van der Waals surface area contributed by atoms with Crippen LogP contribution < -0.4 is 11.4 Å². The number of anilines is 1. The van der Waals surface area contributed by atoms with Crippen molar-refractivity contribution in [1.82, 2.24) is 9.55 Å². The Bertz CT molecular complexity index is 869. The number of nitrogen functional groups attached to an aromatic ring is 1. The quantitative estimate of drug-likeness (QED) is 0.134. The van der Waals surface area contributed by atoms with Gasteiger partial charge in [0.15, 0.2) is 6.23 Å². The van der Waals surface area contributed by atoms with E-state index < -0.39 is 43.6 Å². The monoisotopic (exact) mass is 563 g/mol. The molecule has 1 aromatic heterocycles. The minimum Gasteiger partial charge on any atom is -0.394 e. The minimum absolute atomic E-state index is 0.0619. The van der Waals surface area contributed by atoms with Crippen LogP contribution in [0.1, 0.15) is 103 Å². The molecule has 0 saturated carbocycles. The van der Waals surface area contributed by atoms with Crippen LogP contribution in [0.3, 0.4) is 0 Å². The maximum Gasteiger partial charge on any atom is 0.351 e. The van der Waals surface area contributed by atoms with Crippen molar-refractivity contribution in [3.63, 3.8) is 0 Å². The predicted molar refractivity (Wildman–Crippen MR) is 148 cm³/mol. The van der Waals surface area contributed by atoms with E-state index in [1.165, 1.54) is 87.5 Å². The fourth-order valence-corrected chi connectivity index (χ4v) is 5.55. The number of hydrogen-bond acceptors (Lipinski definition) is 8. The summed E-state index contributed by atoms with van der Waals surface area (Å²) in [6.07, 6.45) is 14.9. The molecule has 214 valence electrons. The third kappa shape index (κ3) is 12.2. The molecule has 2 heterocycles. The molecule has 0 radical (unpaired) electrons. The summed E-state index contributed by atoms with van der Waals surface area (Å²) in [5.41, 5.74) is 4.93. The summed E-state index contributed by atoms with van der Waals surface area (Å²) in [5.74, 6) is 0.0619. The molecule has 0 spiro atoms. The fourth-order valence-electron chi connectivity index (χ4n) is 4.68. The lowest BCUT2D eigenvalue weighted by Crippen LogP contribution is -2.39. The predicted octanol–water partition coefficient (Wildman–Crippen LogP) is 4.18. The van der Waals surface area contributed by atoms with Gasteiger partial charge in [-0.2, -0.15) is 4.98 Å². The molecule has 2 rings (SSSR count). The summed E-state index contributed by atoms with van der Waals surface area (Å²) >= 11 is 4.63. The molecule has 1 aliphatic heterocycles. The van der Waals surface area contributed by atoms with E-state index in [0.717, 1.165) is 19.3 Å². The van der Waals surface area contributed by atoms with Gasteiger partial charge in [-0.1, -0.05) is 90.4 Å². The largest absolute Gasteiger partial charge is 0.394 e. The van der Waals surface area contributed by atoms with Gasteiger partial charge in [-0.15, -0.1) is 0 Å². The maximum atomic E-state index is 12.4. The van der Waals surface area contributed by atoms with Crippen LogP contribution in [-0.2, 0) is 25.8 Å². The first kappa shape index (κ1) is 32.3. The van der Waals surface area contributed by atoms with Crippen LogP contribution in [0.4, 0.5) is 5.82 Å². The Morgan fingerprint density at radius 1 is 1.00 bits per heavy atom. The van der Waals surface area contributed by atoms with Crippen LogP contribution in [-0.4, -0.2) is 56.0 Å². The first-order chi connectivity index (χ1) is 17.8. The molecule has 37 heavy (non-hydrogen) atoms. The molecule has 0 bridgehead atoms. The van der Waals surface area contributed by atoms with E-state index in [1.54, 1.807) is 0 Å². The van der Waals surface area contributed by atoms with E-state index in [4.69, 9.17) is 19.7 Å². The molecule has 10 nitrogen and oxygen atoms in total. The smallest absolute Gasteiger partial charge is 0.351 e. The van der Waals surface area contributed by atoms with E-state index in [2.05, 4.69) is 23.7 Å². The average Bonchev–Trinajstić information content (AvgIpc) is 3.17. The number of nitrogens with zero attached hydrogens (tertiary/aromatic N) is 2. The summed E-state index contributed by atoms with van der Waals surface area (Å²) in [6.45, 7) is -1.95. The highest BCUT2D eigenvalue weighted by atomic mass is 32.5. The van der Waals surface area contributed by atoms with Crippen molar-refractivity contribution in [3.8, 4) is 0 Å². The van der Waals surface area contributed by atoms with Crippen molar-refractivity contribution >= 4 is 24.3 Å². The molecule has 1 saturated heterocycles. The van der Waals surface area contributed by atoms with Crippen molar-refractivity contribution in [2.75, 3.05) is 18.9 Å². The Kier molecular flexibility index (Phi) is 15.4. The second kappa shape index (κ2) is 17.6. The van der Waals surface area contributed by atoms with Gasteiger partial charge in [0.1, 0.15) is 24.1 Å². The zero-order valence-corrected chi connectivity index (χ0v) is 23.8. The van der Waals surface area contributed by atoms with Crippen molar-refractivity contribution in [2.45, 2.75) is 121 Å². The van der Waals surface area contributed by atoms with Gasteiger partial charge in [0, 0.05) is 12.8 Å². The van der Waals surface area contributed by atoms with E-state index in [-0.39, 0.29) is 5.82 Å². The molecule has 4 atom stereocenters. The lowest BCUT2D eigenvalue weighted by Gasteiger charge is -2.26. The van der Waals surface area contributed by atoms with E-state index in [9.17, 15) is 19.7 Å². The molecule has 5 N–H and O–H groups in total. The summed E-state index contributed by atoms with van der Waals surface area (Å²) < 4.78 is 18.3. The minimum atomic E-state index is -4.08. The topological polar surface area (TPSA) is 149 Å². The van der Waals surface area contributed by atoms with Gasteiger partial charge in [-0.25, -0.2) is 4.79 Å². The number of nitrogens with two attached hydrogens (primary N) is 1. The average molecular weight is 564 g/mol. The maximum absolute atomic E-state index is 12.4. The normalized spacial score (nSPS) is 22.1. The fraction of sp³-hybridized carbons (Fsp3) is 0.840. The SMILES string of the molecule is CCCCCCCCCCCCCCCCO[C@@H]1[C@H](OP(O)(O)=S)[C@@H](CO)O[C@H]1n1ccc(N)nc1=O. The molecule has 1 aromatic rings. The molecule has 0 aliphatic carbocycles. The van der Waals surface area contributed by atoms with Crippen molar-refractivity contribution in [3.05, 3.63) is 22.7 Å². The van der Waals surface area contributed by atoms with Crippen molar-refractivity contribution in [2.24, 2.45) is 0 Å². The zero-order chi connectivity index (χ0) is 27.1. The Balaban J connectivity index is 1.74. The van der Waals surface area contributed by atoms with Crippen molar-refractivity contribution in [1.29, 1.82) is 0 Å². The van der Waals surface area contributed by atoms with Gasteiger partial charge in [0.25, 0.3) is 0 Å². The van der Waals surface area contributed by atoms with Crippen LogP contribution in [0.2, 0.25) is 0 Å². The Morgan fingerprint density at radius 2 is 1.54 bits per heavy atom. The third-order valence-corrected chi connectivity index (χ3v) is 7.43. The first-order valence-corrected chi connectivity index (χ1v) is 16.4. The summed E-state index contributed by atoms with van der Waals surface area (Å²) in [6, 6.07) is 1.44. The molecule has 12 heteroatoms. The van der Waals surface area contributed by atoms with Crippen LogP contribution in [0.5, 0.6) is 0 Å². The molecule has 0 unspecified atom stereocenters. The Hall–Kier alpha value is -0.910. The van der Waals surface area contributed by atoms with Crippen molar-refractivity contribution < 1.29 is 28.9 Å². The standard InChI is InChI=1S/C25H46N3O7PS/c1-2-3-4-5-6-7-8-9-10-11-12-13-14-15-18-33-23-22(35-36(31,32)37)20(19-29)34-24(23)28-17-16-21(26)27-25(28)30/h16-17,20,22-24,29H,2-15,18-19H2,1H3,(H2,26,27,30)(H2,31,32,37)/t20-,22-,23-,24-/m1/s1. The molecule has 0 amide bonds. The van der Waals surface area contributed by atoms with Gasteiger partial charge in [0.05, 0.1) is 6.61 Å². The zero-order valence-electron chi connectivity index (χ0n) is 22.1. The van der Waals surface area contributed by atoms with Gasteiger partial charge < -0.3 is 30.1 Å². The first-order valence-electron chi connectivity index (χ1n) is 13.7. The van der Waals surface area contributed by atoms with Crippen LogP contribution in [0.15, 0.2) is 17.1 Å². The van der Waals surface area contributed by atoms with Gasteiger partial charge in [0.2, 0.25) is 0 Å². The van der Waals surface area contributed by atoms with Gasteiger partial charge in [-0.3, -0.25) is 9.09 Å². The highest BCUT2D eigenvalue weighted by Gasteiger charge is 2.49. The lowest BCUT2D eigenvalue weighted by molar-refractivity contribution is -0.0745. The summed E-state index contributed by atoms with van der Waals surface area (Å²) in [4.78, 5) is 35.6. The number of aromatic nitrogens is 2. The second-order valence-corrected chi connectivity index (χ2v) is 12.4. The van der Waals surface area contributed by atoms with E-state index in [0.29, 0.717) is 6.61 Å². The Morgan fingerprint density at radius 3 is 2.03 bits per heavy atom. The number of aliphatic hydroxyl groups excluding tert-OH is 1. The van der Waals surface area contributed by atoms with Gasteiger partial charge in [-0.05, 0) is 24.3 Å². The number of ether oxygens (including phenoxy) is 2. The number of rotatable bonds is 20. The molecule has 0 aromatic carbocycles. The summed E-state index contributed by atoms with van der Waals surface area (Å²) in [7, 11) is 0. The number of hydrogen-bond donors (Lipinski definition) is 4. The second-order valence-electron chi connectivity index (χ2n) is 9.78. The molecule has 1 aliphatic rings. The molecule has 1 fully saturated rings. The third-order valence-electron chi connectivity index (χ3n) is 6.66. The van der Waals surface area contributed by atoms with E-state index >= 15 is 0 Å². The van der Waals surface area contributed by atoms with Gasteiger partial charge >= 0.3 is 12.4 Å². The molecular weight excluding hydrogens is 517 g/mol. The highest BCUT2D eigenvalue weighted by Crippen LogP contribution is 2.44. The van der Waals surface area contributed by atoms with Crippen LogP contribution in [0.25, 0.3) is 0 Å². The number of aliphatic hydroxyl groups is 1. The Labute approximate surface area is 225 Å². The number of unbranched alkanes of at least 4 members (excludes halogenated alkanes) is 13. The van der Waals surface area contributed by atoms with E-state index in [1.807, 2.05) is 0 Å². The summed E-state index contributed by atoms with van der Waals surface area (Å²) in [5, 5.41) is 9.76. The molecular formula is C25H46N3O7PS. The van der Waals surface area contributed by atoms with Crippen LogP contribution >= 0.6 is 6.72 Å². The lowest BCUT2D eigenvalue weighted by atomic mass is 10.0.